The Kier molecular flexibility index (Phi) is 4.84. The second-order valence-electron chi connectivity index (χ2n) is 6.01. The summed E-state index contributed by atoms with van der Waals surface area (Å²) in [7, 11) is -6.50. The van der Waals surface area contributed by atoms with Crippen LogP contribution < -0.4 is 0 Å². The number of fused-ring (bicyclic) bond motifs is 1. The minimum atomic E-state index is -6.50. The molecule has 1 aliphatic heterocycles. The minimum absolute atomic E-state index is 0.0516. The van der Waals surface area contributed by atoms with Gasteiger partial charge in [-0.05, 0) is 34.5 Å². The first-order valence-electron chi connectivity index (χ1n) is 7.58. The molecule has 0 radical (unpaired) electrons. The lowest BCUT2D eigenvalue weighted by Crippen LogP contribution is -2.52. The molecule has 2 aromatic rings. The summed E-state index contributed by atoms with van der Waals surface area (Å²) in [4.78, 5) is 12.0. The van der Waals surface area contributed by atoms with Gasteiger partial charge in [-0.1, -0.05) is 18.2 Å². The number of carbonyl (C=O) groups is 1. The standard InChI is InChI=1S/C16H11F5O6S/c17-15(18,19)14(16(20,21)28(23,24)25)27-13(22)11-4-2-8-5-10(12-7-26-12)3-1-9(8)6-11/h1-6,12,14H,7H2,(H,23,24,25). The van der Waals surface area contributed by atoms with E-state index in [1.165, 1.54) is 6.07 Å². The second-order valence-corrected chi connectivity index (χ2v) is 7.50. The number of alkyl halides is 5. The van der Waals surface area contributed by atoms with Gasteiger partial charge in [0.2, 0.25) is 0 Å². The molecule has 28 heavy (non-hydrogen) atoms. The first kappa shape index (κ1) is 20.4. The van der Waals surface area contributed by atoms with E-state index in [1.807, 2.05) is 0 Å². The lowest BCUT2D eigenvalue weighted by molar-refractivity contribution is -0.248. The minimum Gasteiger partial charge on any atom is -0.441 e. The molecule has 2 aromatic carbocycles. The largest absolute Gasteiger partial charge is 0.441 e. The average molecular weight is 426 g/mol. The molecule has 0 saturated carbocycles. The molecule has 2 atom stereocenters. The van der Waals surface area contributed by atoms with Crippen molar-refractivity contribution in [3.63, 3.8) is 0 Å². The Morgan fingerprint density at radius 2 is 1.68 bits per heavy atom. The van der Waals surface area contributed by atoms with Gasteiger partial charge < -0.3 is 9.47 Å². The van der Waals surface area contributed by atoms with Gasteiger partial charge in [-0.3, -0.25) is 4.55 Å². The highest BCUT2D eigenvalue weighted by Crippen LogP contribution is 2.38. The van der Waals surface area contributed by atoms with Crippen LogP contribution in [-0.4, -0.2) is 43.1 Å². The molecule has 1 aliphatic rings. The zero-order chi connectivity index (χ0) is 20.9. The normalized spacial score (nSPS) is 18.7. The maximum Gasteiger partial charge on any atom is 0.432 e. The maximum atomic E-state index is 13.5. The highest BCUT2D eigenvalue weighted by molar-refractivity contribution is 7.86. The van der Waals surface area contributed by atoms with Crippen molar-refractivity contribution in [2.45, 2.75) is 23.6 Å². The van der Waals surface area contributed by atoms with Crippen LogP contribution in [0.4, 0.5) is 22.0 Å². The summed E-state index contributed by atoms with van der Waals surface area (Å²) in [6, 6.07) is 8.46. The molecular weight excluding hydrogens is 415 g/mol. The van der Waals surface area contributed by atoms with Crippen LogP contribution in [0.5, 0.6) is 0 Å². The van der Waals surface area contributed by atoms with E-state index in [4.69, 9.17) is 9.29 Å². The van der Waals surface area contributed by atoms with Crippen molar-refractivity contribution in [1.29, 1.82) is 0 Å². The van der Waals surface area contributed by atoms with Crippen LogP contribution in [0.2, 0.25) is 0 Å². The number of hydrogen-bond acceptors (Lipinski definition) is 5. The first-order chi connectivity index (χ1) is 12.8. The first-order valence-corrected chi connectivity index (χ1v) is 9.02. The Morgan fingerprint density at radius 1 is 1.11 bits per heavy atom. The molecule has 0 aliphatic carbocycles. The number of hydrogen-bond donors (Lipinski definition) is 1. The Hall–Kier alpha value is -2.31. The smallest absolute Gasteiger partial charge is 0.432 e. The van der Waals surface area contributed by atoms with E-state index in [0.717, 1.165) is 17.7 Å². The Balaban J connectivity index is 1.90. The molecule has 1 saturated heterocycles. The predicted molar refractivity (Wildman–Crippen MR) is 84.4 cm³/mol. The third-order valence-corrected chi connectivity index (χ3v) is 4.88. The highest BCUT2D eigenvalue weighted by atomic mass is 32.2. The number of benzene rings is 2. The topological polar surface area (TPSA) is 93.2 Å². The molecule has 152 valence electrons. The fourth-order valence-electron chi connectivity index (χ4n) is 2.47. The number of esters is 1. The third kappa shape index (κ3) is 3.93. The van der Waals surface area contributed by atoms with E-state index in [1.54, 1.807) is 18.2 Å². The van der Waals surface area contributed by atoms with Crippen molar-refractivity contribution in [1.82, 2.24) is 0 Å². The van der Waals surface area contributed by atoms with Gasteiger partial charge in [-0.25, -0.2) is 4.79 Å². The Morgan fingerprint density at radius 3 is 2.21 bits per heavy atom. The van der Waals surface area contributed by atoms with Gasteiger partial charge in [0.05, 0.1) is 12.2 Å². The molecular formula is C16H11F5O6S. The van der Waals surface area contributed by atoms with E-state index >= 15 is 0 Å². The van der Waals surface area contributed by atoms with Gasteiger partial charge in [0.15, 0.2) is 0 Å². The molecule has 2 unspecified atom stereocenters. The van der Waals surface area contributed by atoms with E-state index in [-0.39, 0.29) is 6.10 Å². The Labute approximate surface area is 154 Å². The van der Waals surface area contributed by atoms with Crippen molar-refractivity contribution in [2.24, 2.45) is 0 Å². The zero-order valence-electron chi connectivity index (χ0n) is 13.6. The molecule has 6 nitrogen and oxygen atoms in total. The number of halogens is 5. The molecule has 0 amide bonds. The van der Waals surface area contributed by atoms with Crippen LogP contribution in [-0.2, 0) is 19.6 Å². The van der Waals surface area contributed by atoms with Crippen molar-refractivity contribution in [3.8, 4) is 0 Å². The maximum absolute atomic E-state index is 13.5. The fourth-order valence-corrected chi connectivity index (χ4v) is 2.92. The molecule has 1 N–H and O–H groups in total. The van der Waals surface area contributed by atoms with Crippen LogP contribution >= 0.6 is 0 Å². The van der Waals surface area contributed by atoms with Crippen molar-refractivity contribution in [2.75, 3.05) is 6.61 Å². The molecule has 0 spiro atoms. The summed E-state index contributed by atoms with van der Waals surface area (Å²) in [5.74, 6) is -1.83. The third-order valence-electron chi connectivity index (χ3n) is 3.98. The summed E-state index contributed by atoms with van der Waals surface area (Å²) in [6.07, 6.45) is -10.4. The lowest BCUT2D eigenvalue weighted by Gasteiger charge is -2.26. The Bertz CT molecular complexity index is 1030. The van der Waals surface area contributed by atoms with Crippen molar-refractivity contribution < 1.29 is 49.2 Å². The van der Waals surface area contributed by atoms with Crippen LogP contribution in [0.1, 0.15) is 22.0 Å². The van der Waals surface area contributed by atoms with Gasteiger partial charge in [0.25, 0.3) is 6.10 Å². The molecule has 0 bridgehead atoms. The molecule has 1 heterocycles. The number of epoxide rings is 1. The van der Waals surface area contributed by atoms with Crippen LogP contribution in [0.3, 0.4) is 0 Å². The van der Waals surface area contributed by atoms with Crippen molar-refractivity contribution >= 4 is 26.9 Å². The van der Waals surface area contributed by atoms with Gasteiger partial charge >= 0.3 is 27.5 Å². The van der Waals surface area contributed by atoms with Crippen LogP contribution in [0.15, 0.2) is 36.4 Å². The van der Waals surface area contributed by atoms with Gasteiger partial charge in [-0.15, -0.1) is 0 Å². The van der Waals surface area contributed by atoms with Gasteiger partial charge in [0, 0.05) is 0 Å². The molecule has 3 rings (SSSR count). The van der Waals surface area contributed by atoms with Crippen molar-refractivity contribution in [3.05, 3.63) is 47.5 Å². The predicted octanol–water partition coefficient (Wildman–Crippen LogP) is 3.48. The summed E-state index contributed by atoms with van der Waals surface area (Å²) in [5.41, 5.74) is 0.344. The number of rotatable bonds is 5. The SMILES string of the molecule is O=C(OC(C(F)(F)F)C(F)(F)S(=O)(=O)O)c1ccc2cc(C3CO3)ccc2c1. The average Bonchev–Trinajstić information content (AvgIpc) is 3.41. The quantitative estimate of drug-likeness (QED) is 0.341. The zero-order valence-corrected chi connectivity index (χ0v) is 14.4. The molecule has 0 aromatic heterocycles. The van der Waals surface area contributed by atoms with E-state index in [2.05, 4.69) is 4.74 Å². The van der Waals surface area contributed by atoms with Crippen LogP contribution in [0, 0.1) is 0 Å². The lowest BCUT2D eigenvalue weighted by atomic mass is 10.0. The van der Waals surface area contributed by atoms with E-state index in [9.17, 15) is 35.2 Å². The van der Waals surface area contributed by atoms with E-state index < -0.39 is 39.2 Å². The number of ether oxygens (including phenoxy) is 2. The summed E-state index contributed by atoms with van der Waals surface area (Å²) >= 11 is 0. The summed E-state index contributed by atoms with van der Waals surface area (Å²) in [5, 5.41) is -4.76. The fraction of sp³-hybridized carbons (Fsp3) is 0.312. The van der Waals surface area contributed by atoms with E-state index in [0.29, 0.717) is 17.4 Å². The van der Waals surface area contributed by atoms with Gasteiger partial charge in [-0.2, -0.15) is 30.4 Å². The monoisotopic (exact) mass is 426 g/mol. The number of carbonyl (C=O) groups excluding carboxylic acids is 1. The molecule has 1 fully saturated rings. The van der Waals surface area contributed by atoms with Crippen LogP contribution in [0.25, 0.3) is 10.8 Å². The summed E-state index contributed by atoms with van der Waals surface area (Å²) < 4.78 is 104. The summed E-state index contributed by atoms with van der Waals surface area (Å²) in [6.45, 7) is 0.552. The van der Waals surface area contributed by atoms with Gasteiger partial charge in [0.1, 0.15) is 6.10 Å². The highest BCUT2D eigenvalue weighted by Gasteiger charge is 2.66. The second kappa shape index (κ2) is 6.64. The molecule has 12 heteroatoms.